The summed E-state index contributed by atoms with van der Waals surface area (Å²) in [6, 6.07) is -0.540. The fraction of sp³-hybridized carbons (Fsp3) is 0.923. The standard InChI is InChI=1S/C13H27NO5Si/c1-8(16)14-10-9(7-15)18-12(17)11(10)19-20(5,6)13(2,3)4/h9-12,15,17H,7H2,1-6H3,(H,14,16)/t9-,10+,11?,12+/m1/s1. The van der Waals surface area contributed by atoms with E-state index in [9.17, 15) is 15.0 Å². The Balaban J connectivity index is 2.92. The predicted molar refractivity (Wildman–Crippen MR) is 77.6 cm³/mol. The average molecular weight is 305 g/mol. The van der Waals surface area contributed by atoms with Crippen LogP contribution >= 0.6 is 0 Å². The highest BCUT2D eigenvalue weighted by Gasteiger charge is 2.49. The number of nitrogens with one attached hydrogen (secondary N) is 1. The van der Waals surface area contributed by atoms with Gasteiger partial charge in [-0.15, -0.1) is 0 Å². The molecule has 0 saturated carbocycles. The summed E-state index contributed by atoms with van der Waals surface area (Å²) < 4.78 is 11.4. The zero-order chi connectivity index (χ0) is 15.7. The van der Waals surface area contributed by atoms with Crippen molar-refractivity contribution >= 4 is 14.2 Å². The summed E-state index contributed by atoms with van der Waals surface area (Å²) in [4.78, 5) is 11.3. The van der Waals surface area contributed by atoms with Crippen molar-refractivity contribution < 1.29 is 24.2 Å². The summed E-state index contributed by atoms with van der Waals surface area (Å²) in [5.41, 5.74) is 0. The van der Waals surface area contributed by atoms with Crippen LogP contribution in [0.1, 0.15) is 27.7 Å². The highest BCUT2D eigenvalue weighted by Crippen LogP contribution is 2.39. The molecule has 118 valence electrons. The molecule has 0 aliphatic carbocycles. The minimum absolute atomic E-state index is 0.0230. The van der Waals surface area contributed by atoms with Crippen LogP contribution in [0.25, 0.3) is 0 Å². The molecule has 1 unspecified atom stereocenters. The minimum Gasteiger partial charge on any atom is -0.407 e. The molecule has 1 aliphatic rings. The Kier molecular flexibility index (Phi) is 5.37. The number of rotatable bonds is 4. The van der Waals surface area contributed by atoms with Gasteiger partial charge in [-0.3, -0.25) is 4.79 Å². The second-order valence-electron chi connectivity index (χ2n) is 6.82. The molecule has 7 heteroatoms. The first-order valence-corrected chi connectivity index (χ1v) is 9.79. The molecule has 1 aliphatic heterocycles. The highest BCUT2D eigenvalue weighted by molar-refractivity contribution is 6.74. The summed E-state index contributed by atoms with van der Waals surface area (Å²) in [5.74, 6) is -0.241. The fourth-order valence-electron chi connectivity index (χ4n) is 1.94. The lowest BCUT2D eigenvalue weighted by atomic mass is 10.1. The summed E-state index contributed by atoms with van der Waals surface area (Å²) in [6.45, 7) is 11.5. The van der Waals surface area contributed by atoms with E-state index in [4.69, 9.17) is 9.16 Å². The molecule has 20 heavy (non-hydrogen) atoms. The minimum atomic E-state index is -2.12. The summed E-state index contributed by atoms with van der Waals surface area (Å²) in [7, 11) is -2.12. The van der Waals surface area contributed by atoms with Gasteiger partial charge < -0.3 is 24.7 Å². The molecule has 0 radical (unpaired) electrons. The Labute approximate surface area is 121 Å². The number of carbonyl (C=O) groups excluding carboxylic acids is 1. The van der Waals surface area contributed by atoms with Crippen LogP contribution in [0.2, 0.25) is 18.1 Å². The molecule has 1 fully saturated rings. The van der Waals surface area contributed by atoms with Crippen LogP contribution in [0.15, 0.2) is 0 Å². The Bertz CT molecular complexity index is 355. The van der Waals surface area contributed by atoms with Gasteiger partial charge in [0.2, 0.25) is 5.91 Å². The van der Waals surface area contributed by atoms with Gasteiger partial charge in [-0.2, -0.15) is 0 Å². The maximum absolute atomic E-state index is 11.3. The van der Waals surface area contributed by atoms with E-state index in [0.29, 0.717) is 0 Å². The summed E-state index contributed by atoms with van der Waals surface area (Å²) >= 11 is 0. The van der Waals surface area contributed by atoms with Crippen molar-refractivity contribution in [2.75, 3.05) is 6.61 Å². The highest BCUT2D eigenvalue weighted by atomic mass is 28.4. The zero-order valence-corrected chi connectivity index (χ0v) is 14.1. The molecular formula is C13H27NO5Si. The molecule has 1 heterocycles. The monoisotopic (exact) mass is 305 g/mol. The van der Waals surface area contributed by atoms with Crippen molar-refractivity contribution in [2.45, 2.75) is 70.4 Å². The molecule has 3 N–H and O–H groups in total. The quantitative estimate of drug-likeness (QED) is 0.662. The predicted octanol–water partition coefficient (Wildman–Crippen LogP) is 0.591. The number of amides is 1. The first-order chi connectivity index (χ1) is 8.99. The van der Waals surface area contributed by atoms with Crippen LogP contribution in [0.4, 0.5) is 0 Å². The van der Waals surface area contributed by atoms with E-state index < -0.39 is 32.9 Å². The van der Waals surface area contributed by atoms with Crippen LogP contribution in [0, 0.1) is 0 Å². The molecule has 0 aromatic carbocycles. The largest absolute Gasteiger partial charge is 0.407 e. The van der Waals surface area contributed by atoms with Crippen molar-refractivity contribution in [1.29, 1.82) is 0 Å². The molecule has 1 rings (SSSR count). The van der Waals surface area contributed by atoms with E-state index in [-0.39, 0.29) is 17.6 Å². The van der Waals surface area contributed by atoms with E-state index in [1.807, 2.05) is 0 Å². The van der Waals surface area contributed by atoms with Crippen LogP contribution in [0.5, 0.6) is 0 Å². The molecule has 0 spiro atoms. The molecule has 0 aromatic heterocycles. The molecular weight excluding hydrogens is 278 g/mol. The Morgan fingerprint density at radius 3 is 2.35 bits per heavy atom. The van der Waals surface area contributed by atoms with Gasteiger partial charge in [0.1, 0.15) is 12.2 Å². The molecule has 1 amide bonds. The third-order valence-electron chi connectivity index (χ3n) is 4.14. The van der Waals surface area contributed by atoms with Crippen LogP contribution in [-0.2, 0) is 14.0 Å². The van der Waals surface area contributed by atoms with Crippen LogP contribution < -0.4 is 5.32 Å². The summed E-state index contributed by atoms with van der Waals surface area (Å²) in [5, 5.41) is 22.0. The second-order valence-corrected chi connectivity index (χ2v) is 11.6. The third-order valence-corrected chi connectivity index (χ3v) is 8.61. The molecule has 0 bridgehead atoms. The van der Waals surface area contributed by atoms with E-state index in [0.717, 1.165) is 0 Å². The fourth-order valence-corrected chi connectivity index (χ4v) is 3.24. The van der Waals surface area contributed by atoms with Crippen molar-refractivity contribution in [3.05, 3.63) is 0 Å². The molecule has 0 aromatic rings. The Hall–Kier alpha value is -0.473. The van der Waals surface area contributed by atoms with E-state index >= 15 is 0 Å². The summed E-state index contributed by atoms with van der Waals surface area (Å²) in [6.07, 6.45) is -2.45. The number of ether oxygens (including phenoxy) is 1. The lowest BCUT2D eigenvalue weighted by Gasteiger charge is -2.40. The number of aliphatic hydroxyl groups is 2. The average Bonchev–Trinajstić information content (AvgIpc) is 2.54. The number of hydrogen-bond donors (Lipinski definition) is 3. The first kappa shape index (κ1) is 17.6. The van der Waals surface area contributed by atoms with Crippen molar-refractivity contribution in [2.24, 2.45) is 0 Å². The number of aliphatic hydroxyl groups excluding tert-OH is 2. The topological polar surface area (TPSA) is 88.0 Å². The van der Waals surface area contributed by atoms with Crippen molar-refractivity contribution in [3.8, 4) is 0 Å². The lowest BCUT2D eigenvalue weighted by Crippen LogP contribution is -2.54. The molecule has 4 atom stereocenters. The first-order valence-electron chi connectivity index (χ1n) is 6.89. The molecule has 1 saturated heterocycles. The van der Waals surface area contributed by atoms with E-state index in [1.54, 1.807) is 0 Å². The Morgan fingerprint density at radius 2 is 1.95 bits per heavy atom. The van der Waals surface area contributed by atoms with Crippen molar-refractivity contribution in [3.63, 3.8) is 0 Å². The van der Waals surface area contributed by atoms with Crippen LogP contribution in [0.3, 0.4) is 0 Å². The zero-order valence-electron chi connectivity index (χ0n) is 13.1. The van der Waals surface area contributed by atoms with Gasteiger partial charge in [-0.05, 0) is 18.1 Å². The van der Waals surface area contributed by atoms with Gasteiger partial charge in [-0.25, -0.2) is 0 Å². The van der Waals surface area contributed by atoms with Gasteiger partial charge in [0.15, 0.2) is 14.6 Å². The maximum atomic E-state index is 11.3. The molecule has 6 nitrogen and oxygen atoms in total. The maximum Gasteiger partial charge on any atom is 0.217 e. The number of carbonyl (C=O) groups is 1. The van der Waals surface area contributed by atoms with Gasteiger partial charge >= 0.3 is 0 Å². The van der Waals surface area contributed by atoms with Crippen molar-refractivity contribution in [1.82, 2.24) is 5.32 Å². The third kappa shape index (κ3) is 3.79. The lowest BCUT2D eigenvalue weighted by molar-refractivity contribution is -0.130. The van der Waals surface area contributed by atoms with Gasteiger partial charge in [0.05, 0.1) is 12.6 Å². The Morgan fingerprint density at radius 1 is 1.40 bits per heavy atom. The van der Waals surface area contributed by atoms with Gasteiger partial charge in [0.25, 0.3) is 0 Å². The number of hydrogen-bond acceptors (Lipinski definition) is 5. The second kappa shape index (κ2) is 6.11. The van der Waals surface area contributed by atoms with Gasteiger partial charge in [-0.1, -0.05) is 20.8 Å². The smallest absolute Gasteiger partial charge is 0.217 e. The normalized spacial score (nSPS) is 31.4. The van der Waals surface area contributed by atoms with Gasteiger partial charge in [0, 0.05) is 6.92 Å². The SMILES string of the molecule is CC(=O)N[C@@H]1C(O[Si](C)(C)C(C)(C)C)[C@@H](O)O[C@@H]1CO. The van der Waals surface area contributed by atoms with E-state index in [1.165, 1.54) is 6.92 Å². The van der Waals surface area contributed by atoms with E-state index in [2.05, 4.69) is 39.2 Å². The van der Waals surface area contributed by atoms with Crippen LogP contribution in [-0.4, -0.2) is 55.6 Å².